The van der Waals surface area contributed by atoms with Crippen LogP contribution >= 0.6 is 11.3 Å². The van der Waals surface area contributed by atoms with Crippen molar-refractivity contribution in [1.82, 2.24) is 29.9 Å². The molecule has 0 aliphatic carbocycles. The molecule has 3 aromatic heterocycles. The third kappa shape index (κ3) is 5.07. The topological polar surface area (TPSA) is 104 Å². The number of carbonyl (C=O) groups excluding carboxylic acids is 1. The van der Waals surface area contributed by atoms with Crippen molar-refractivity contribution in [2.75, 3.05) is 13.7 Å². The summed E-state index contributed by atoms with van der Waals surface area (Å²) >= 11 is 1.55. The van der Waals surface area contributed by atoms with Gasteiger partial charge in [-0.1, -0.05) is 0 Å². The quantitative estimate of drug-likeness (QED) is 0.417. The lowest BCUT2D eigenvalue weighted by Crippen LogP contribution is -2.38. The summed E-state index contributed by atoms with van der Waals surface area (Å²) in [5.74, 6) is 0.996. The molecule has 176 valence electrons. The van der Waals surface area contributed by atoms with Gasteiger partial charge in [-0.3, -0.25) is 9.59 Å². The van der Waals surface area contributed by atoms with Crippen LogP contribution in [0.5, 0.6) is 5.75 Å². The summed E-state index contributed by atoms with van der Waals surface area (Å²) in [6.07, 6.45) is 0.583. The minimum absolute atomic E-state index is 0.286. The molecule has 0 spiro atoms. The molecule has 4 aromatic rings. The van der Waals surface area contributed by atoms with E-state index in [9.17, 15) is 9.59 Å². The second-order valence-electron chi connectivity index (χ2n) is 7.90. The Labute approximate surface area is 201 Å². The van der Waals surface area contributed by atoms with Crippen molar-refractivity contribution < 1.29 is 9.53 Å². The van der Waals surface area contributed by atoms with Gasteiger partial charge in [0, 0.05) is 35.7 Å². The molecule has 1 unspecified atom stereocenters. The van der Waals surface area contributed by atoms with Gasteiger partial charge in [-0.05, 0) is 57.2 Å². The smallest absolute Gasteiger partial charge is 0.267 e. The SMILES string of the molecule is COc1ccc(-c2nc(CCNC(=O)C(C)n3nc(-n4nc(C)cc4C)ccc3=O)cs2)cc1. The van der Waals surface area contributed by atoms with Crippen LogP contribution in [0.3, 0.4) is 0 Å². The monoisotopic (exact) mass is 478 g/mol. The number of amides is 1. The van der Waals surface area contributed by atoms with Gasteiger partial charge in [-0.2, -0.15) is 5.10 Å². The number of carbonyl (C=O) groups is 1. The fourth-order valence-corrected chi connectivity index (χ4v) is 4.39. The van der Waals surface area contributed by atoms with E-state index >= 15 is 0 Å². The zero-order valence-corrected chi connectivity index (χ0v) is 20.3. The van der Waals surface area contributed by atoms with Crippen molar-refractivity contribution in [2.45, 2.75) is 33.2 Å². The molecule has 1 atom stereocenters. The van der Waals surface area contributed by atoms with Gasteiger partial charge in [0.15, 0.2) is 5.82 Å². The van der Waals surface area contributed by atoms with E-state index in [0.717, 1.165) is 33.4 Å². The molecule has 0 aliphatic heterocycles. The van der Waals surface area contributed by atoms with Crippen molar-refractivity contribution in [3.05, 3.63) is 75.3 Å². The van der Waals surface area contributed by atoms with Crippen LogP contribution in [0.1, 0.15) is 30.0 Å². The Kier molecular flexibility index (Phi) is 6.87. The predicted octanol–water partition coefficient (Wildman–Crippen LogP) is 3.10. The lowest BCUT2D eigenvalue weighted by atomic mass is 10.2. The lowest BCUT2D eigenvalue weighted by Gasteiger charge is -2.15. The molecule has 0 bridgehead atoms. The minimum Gasteiger partial charge on any atom is -0.497 e. The Morgan fingerprint density at radius 2 is 1.91 bits per heavy atom. The second-order valence-corrected chi connectivity index (χ2v) is 8.76. The number of ether oxygens (including phenoxy) is 1. The molecule has 0 saturated carbocycles. The summed E-state index contributed by atoms with van der Waals surface area (Å²) < 4.78 is 8.03. The first-order chi connectivity index (χ1) is 16.4. The van der Waals surface area contributed by atoms with Crippen molar-refractivity contribution in [1.29, 1.82) is 0 Å². The summed E-state index contributed by atoms with van der Waals surface area (Å²) in [5, 5.41) is 14.6. The van der Waals surface area contributed by atoms with Crippen LogP contribution in [0.4, 0.5) is 0 Å². The van der Waals surface area contributed by atoms with Crippen LogP contribution in [-0.2, 0) is 11.2 Å². The van der Waals surface area contributed by atoms with Gasteiger partial charge in [0.2, 0.25) is 5.91 Å². The van der Waals surface area contributed by atoms with Gasteiger partial charge in [0.25, 0.3) is 5.56 Å². The van der Waals surface area contributed by atoms with E-state index in [-0.39, 0.29) is 11.5 Å². The molecule has 0 radical (unpaired) electrons. The van der Waals surface area contributed by atoms with E-state index in [1.165, 1.54) is 10.7 Å². The molecule has 0 fully saturated rings. The Bertz CT molecular complexity index is 1360. The average molecular weight is 479 g/mol. The molecule has 10 heteroatoms. The van der Waals surface area contributed by atoms with Gasteiger partial charge < -0.3 is 10.1 Å². The van der Waals surface area contributed by atoms with Crippen LogP contribution in [0.25, 0.3) is 16.4 Å². The number of benzene rings is 1. The van der Waals surface area contributed by atoms with Crippen LogP contribution in [-0.4, -0.2) is 44.1 Å². The summed E-state index contributed by atoms with van der Waals surface area (Å²) in [5.41, 5.74) is 3.30. The molecular formula is C24H26N6O3S. The van der Waals surface area contributed by atoms with Gasteiger partial charge in [0.05, 0.1) is 18.5 Å². The van der Waals surface area contributed by atoms with E-state index in [1.54, 1.807) is 36.1 Å². The summed E-state index contributed by atoms with van der Waals surface area (Å²) in [4.78, 5) is 29.8. The van der Waals surface area contributed by atoms with E-state index in [4.69, 9.17) is 4.74 Å². The zero-order valence-electron chi connectivity index (χ0n) is 19.5. The maximum atomic E-state index is 12.7. The maximum absolute atomic E-state index is 12.7. The van der Waals surface area contributed by atoms with Crippen molar-refractivity contribution in [3.63, 3.8) is 0 Å². The zero-order chi connectivity index (χ0) is 24.2. The van der Waals surface area contributed by atoms with E-state index < -0.39 is 6.04 Å². The predicted molar refractivity (Wildman–Crippen MR) is 131 cm³/mol. The van der Waals surface area contributed by atoms with Crippen LogP contribution in [0.2, 0.25) is 0 Å². The van der Waals surface area contributed by atoms with Crippen LogP contribution in [0.15, 0.2) is 52.6 Å². The highest BCUT2D eigenvalue weighted by Crippen LogP contribution is 2.25. The summed E-state index contributed by atoms with van der Waals surface area (Å²) in [6.45, 7) is 5.85. The van der Waals surface area contributed by atoms with Gasteiger partial charge >= 0.3 is 0 Å². The fraction of sp³-hybridized carbons (Fsp3) is 0.292. The molecule has 0 saturated heterocycles. The van der Waals surface area contributed by atoms with Crippen LogP contribution < -0.4 is 15.6 Å². The largest absolute Gasteiger partial charge is 0.497 e. The molecule has 1 N–H and O–H groups in total. The van der Waals surface area contributed by atoms with Gasteiger partial charge in [-0.15, -0.1) is 16.4 Å². The average Bonchev–Trinajstić information content (AvgIpc) is 3.44. The number of aryl methyl sites for hydroxylation is 2. The number of methoxy groups -OCH3 is 1. The highest BCUT2D eigenvalue weighted by molar-refractivity contribution is 7.13. The van der Waals surface area contributed by atoms with Crippen molar-refractivity contribution >= 4 is 17.2 Å². The third-order valence-electron chi connectivity index (χ3n) is 5.35. The molecule has 9 nitrogen and oxygen atoms in total. The first kappa shape index (κ1) is 23.4. The molecule has 4 rings (SSSR count). The normalized spacial score (nSPS) is 11.9. The second kappa shape index (κ2) is 10.0. The maximum Gasteiger partial charge on any atom is 0.267 e. The van der Waals surface area contributed by atoms with E-state index in [1.807, 2.05) is 49.6 Å². The highest BCUT2D eigenvalue weighted by Gasteiger charge is 2.18. The molecular weight excluding hydrogens is 452 g/mol. The number of rotatable bonds is 8. The molecule has 1 aromatic carbocycles. The van der Waals surface area contributed by atoms with E-state index in [0.29, 0.717) is 18.8 Å². The van der Waals surface area contributed by atoms with Crippen molar-refractivity contribution in [3.8, 4) is 22.1 Å². The molecule has 3 heterocycles. The first-order valence-electron chi connectivity index (χ1n) is 10.9. The lowest BCUT2D eigenvalue weighted by molar-refractivity contribution is -0.124. The highest BCUT2D eigenvalue weighted by atomic mass is 32.1. The van der Waals surface area contributed by atoms with Crippen molar-refractivity contribution in [2.24, 2.45) is 0 Å². The first-order valence-corrected chi connectivity index (χ1v) is 11.7. The summed E-state index contributed by atoms with van der Waals surface area (Å²) in [7, 11) is 1.63. The third-order valence-corrected chi connectivity index (χ3v) is 6.29. The van der Waals surface area contributed by atoms with E-state index in [2.05, 4.69) is 20.5 Å². The summed E-state index contributed by atoms with van der Waals surface area (Å²) in [6, 6.07) is 11.9. The number of thiazole rings is 1. The Morgan fingerprint density at radius 3 is 2.59 bits per heavy atom. The Morgan fingerprint density at radius 1 is 1.15 bits per heavy atom. The number of aromatic nitrogens is 5. The van der Waals surface area contributed by atoms with Gasteiger partial charge in [-0.25, -0.2) is 14.3 Å². The molecule has 0 aliphatic rings. The Balaban J connectivity index is 1.38. The standard InChI is InChI=1S/C24H26N6O3S/c1-15-13-16(2)29(27-15)21-9-10-22(31)30(28-21)17(3)23(32)25-12-11-19-14-34-24(26-19)18-5-7-20(33-4)8-6-18/h5-10,13-14,17H,11-12H2,1-4H3,(H,25,32). The fourth-order valence-electron chi connectivity index (χ4n) is 3.53. The number of hydrogen-bond acceptors (Lipinski definition) is 7. The number of hydrogen-bond donors (Lipinski definition) is 1. The van der Waals surface area contributed by atoms with Crippen LogP contribution in [0, 0.1) is 13.8 Å². The molecule has 1 amide bonds. The van der Waals surface area contributed by atoms with Gasteiger partial charge in [0.1, 0.15) is 16.8 Å². The minimum atomic E-state index is -0.769. The number of nitrogens with one attached hydrogen (secondary N) is 1. The Hall–Kier alpha value is -3.79. The number of nitrogens with zero attached hydrogens (tertiary/aromatic N) is 5. The molecule has 34 heavy (non-hydrogen) atoms.